The van der Waals surface area contributed by atoms with Gasteiger partial charge in [-0.15, -0.1) is 0 Å². The molecule has 0 unspecified atom stereocenters. The minimum Gasteiger partial charge on any atom is -0.461 e. The average molecular weight is 481 g/mol. The van der Waals surface area contributed by atoms with Gasteiger partial charge in [0, 0.05) is 41.9 Å². The fourth-order valence-corrected chi connectivity index (χ4v) is 4.31. The lowest BCUT2D eigenvalue weighted by Crippen LogP contribution is -2.35. The highest BCUT2D eigenvalue weighted by molar-refractivity contribution is 5.94. The molecule has 0 spiro atoms. The van der Waals surface area contributed by atoms with E-state index in [1.807, 2.05) is 96.8 Å². The van der Waals surface area contributed by atoms with Crippen LogP contribution in [0.4, 0.5) is 5.69 Å². The second-order valence-electron chi connectivity index (χ2n) is 9.01. The molecule has 0 fully saturated rings. The van der Waals surface area contributed by atoms with Crippen LogP contribution in [-0.2, 0) is 29.1 Å². The molecule has 0 aliphatic carbocycles. The molecular formula is C30H28N2O4. The van der Waals surface area contributed by atoms with Crippen molar-refractivity contribution in [1.29, 1.82) is 0 Å². The minimum absolute atomic E-state index is 0.0288. The molecule has 2 heterocycles. The zero-order valence-electron chi connectivity index (χ0n) is 20.2. The Bertz CT molecular complexity index is 1360. The summed E-state index contributed by atoms with van der Waals surface area (Å²) in [4.78, 5) is 27.2. The van der Waals surface area contributed by atoms with Crippen LogP contribution in [0.1, 0.15) is 32.8 Å². The number of hydrogen-bond acceptors (Lipinski definition) is 4. The van der Waals surface area contributed by atoms with Gasteiger partial charge >= 0.3 is 0 Å². The van der Waals surface area contributed by atoms with Crippen LogP contribution in [0.2, 0.25) is 0 Å². The monoisotopic (exact) mass is 480 g/mol. The Morgan fingerprint density at radius 3 is 2.58 bits per heavy atom. The average Bonchev–Trinajstić information content (AvgIpc) is 3.33. The van der Waals surface area contributed by atoms with Crippen molar-refractivity contribution in [2.75, 3.05) is 18.5 Å². The highest BCUT2D eigenvalue weighted by atomic mass is 16.5. The molecule has 0 saturated carbocycles. The number of carbonyl (C=O) groups is 2. The fourth-order valence-electron chi connectivity index (χ4n) is 4.31. The van der Waals surface area contributed by atoms with E-state index in [0.29, 0.717) is 37.4 Å². The summed E-state index contributed by atoms with van der Waals surface area (Å²) in [5, 5.41) is 2.89. The highest BCUT2D eigenvalue weighted by Gasteiger charge is 2.25. The topological polar surface area (TPSA) is 71.8 Å². The quantitative estimate of drug-likeness (QED) is 0.373. The predicted molar refractivity (Wildman–Crippen MR) is 138 cm³/mol. The fraction of sp³-hybridized carbons (Fsp3) is 0.200. The molecular weight excluding hydrogens is 452 g/mol. The zero-order chi connectivity index (χ0) is 24.9. The third-order valence-corrected chi connectivity index (χ3v) is 6.23. The summed E-state index contributed by atoms with van der Waals surface area (Å²) in [6.45, 7) is 3.50. The van der Waals surface area contributed by atoms with E-state index >= 15 is 0 Å². The van der Waals surface area contributed by atoms with Crippen molar-refractivity contribution in [3.05, 3.63) is 113 Å². The molecule has 1 aliphatic rings. The summed E-state index contributed by atoms with van der Waals surface area (Å²) in [5.41, 5.74) is 5.40. The Balaban J connectivity index is 1.21. The van der Waals surface area contributed by atoms with Gasteiger partial charge in [0.1, 0.15) is 18.1 Å². The van der Waals surface area contributed by atoms with E-state index in [9.17, 15) is 9.59 Å². The summed E-state index contributed by atoms with van der Waals surface area (Å²) in [5.74, 6) is 1.44. The summed E-state index contributed by atoms with van der Waals surface area (Å²) in [6.07, 6.45) is 0.669. The molecule has 5 rings (SSSR count). The predicted octanol–water partition coefficient (Wildman–Crippen LogP) is 5.61. The first-order chi connectivity index (χ1) is 17.5. The maximum absolute atomic E-state index is 12.9. The minimum atomic E-state index is -0.216. The first-order valence-corrected chi connectivity index (χ1v) is 12.0. The number of furan rings is 1. The van der Waals surface area contributed by atoms with Gasteiger partial charge in [-0.1, -0.05) is 60.2 Å². The third-order valence-electron chi connectivity index (χ3n) is 6.23. The van der Waals surface area contributed by atoms with Crippen LogP contribution < -0.4 is 5.32 Å². The Hall–Kier alpha value is -4.16. The van der Waals surface area contributed by atoms with Gasteiger partial charge in [-0.3, -0.25) is 9.59 Å². The third kappa shape index (κ3) is 5.56. The van der Waals surface area contributed by atoms with Gasteiger partial charge in [-0.25, -0.2) is 0 Å². The van der Waals surface area contributed by atoms with Crippen molar-refractivity contribution in [2.24, 2.45) is 0 Å². The largest absolute Gasteiger partial charge is 0.461 e. The molecule has 1 N–H and O–H groups in total. The zero-order valence-corrected chi connectivity index (χ0v) is 20.2. The van der Waals surface area contributed by atoms with Crippen molar-refractivity contribution in [3.63, 3.8) is 0 Å². The van der Waals surface area contributed by atoms with E-state index < -0.39 is 0 Å². The smallest absolute Gasteiger partial charge is 0.254 e. The summed E-state index contributed by atoms with van der Waals surface area (Å²) < 4.78 is 11.7. The van der Waals surface area contributed by atoms with Crippen molar-refractivity contribution in [3.8, 4) is 11.3 Å². The van der Waals surface area contributed by atoms with Crippen molar-refractivity contribution >= 4 is 17.5 Å². The molecule has 182 valence electrons. The molecule has 6 heteroatoms. The van der Waals surface area contributed by atoms with Crippen LogP contribution in [0, 0.1) is 6.92 Å². The number of hydrogen-bond donors (Lipinski definition) is 1. The van der Waals surface area contributed by atoms with Gasteiger partial charge in [-0.2, -0.15) is 0 Å². The number of rotatable bonds is 7. The molecule has 2 amide bonds. The van der Waals surface area contributed by atoms with Crippen molar-refractivity contribution in [1.82, 2.24) is 4.90 Å². The Morgan fingerprint density at radius 2 is 1.78 bits per heavy atom. The highest BCUT2D eigenvalue weighted by Crippen LogP contribution is 2.31. The maximum atomic E-state index is 12.9. The number of nitrogens with zero attached hydrogens (tertiary/aromatic N) is 1. The molecule has 0 atom stereocenters. The van der Waals surface area contributed by atoms with Crippen LogP contribution in [0.5, 0.6) is 0 Å². The van der Waals surface area contributed by atoms with Gasteiger partial charge in [0.25, 0.3) is 5.91 Å². The van der Waals surface area contributed by atoms with Crippen molar-refractivity contribution in [2.45, 2.75) is 26.5 Å². The lowest BCUT2D eigenvalue weighted by Gasteiger charge is -2.26. The standard InChI is InChI=1S/C30H28N2O4/c1-21-10-12-23(13-11-21)30(34)32-15-14-27-25(18-32)17-28(36-27)24-8-5-9-26(16-24)31-29(33)20-35-19-22-6-3-2-4-7-22/h2-13,16-17H,14-15,18-20H2,1H3,(H,31,33). The number of ether oxygens (including phenoxy) is 1. The molecule has 6 nitrogen and oxygen atoms in total. The van der Waals surface area contributed by atoms with Crippen LogP contribution in [0.3, 0.4) is 0 Å². The number of fused-ring (bicyclic) bond motifs is 1. The SMILES string of the molecule is Cc1ccc(C(=O)N2CCc3oc(-c4cccc(NC(=O)COCc5ccccc5)c4)cc3C2)cc1. The van der Waals surface area contributed by atoms with E-state index in [-0.39, 0.29) is 18.4 Å². The van der Waals surface area contributed by atoms with E-state index in [2.05, 4.69) is 5.32 Å². The van der Waals surface area contributed by atoms with Crippen LogP contribution in [-0.4, -0.2) is 29.9 Å². The number of anilines is 1. The lowest BCUT2D eigenvalue weighted by molar-refractivity contribution is -0.121. The second-order valence-corrected chi connectivity index (χ2v) is 9.01. The molecule has 0 bridgehead atoms. The van der Waals surface area contributed by atoms with E-state index in [1.165, 1.54) is 0 Å². The number of amides is 2. The normalized spacial score (nSPS) is 12.8. The number of benzene rings is 3. The van der Waals surface area contributed by atoms with Crippen LogP contribution in [0.15, 0.2) is 89.3 Å². The summed E-state index contributed by atoms with van der Waals surface area (Å²) in [7, 11) is 0. The van der Waals surface area contributed by atoms with Gasteiger partial charge in [-0.05, 0) is 42.8 Å². The Kier molecular flexibility index (Phi) is 6.96. The molecule has 0 radical (unpaired) electrons. The molecule has 0 saturated heterocycles. The van der Waals surface area contributed by atoms with E-state index in [4.69, 9.17) is 9.15 Å². The number of nitrogens with one attached hydrogen (secondary N) is 1. The van der Waals surface area contributed by atoms with Gasteiger partial charge in [0.05, 0.1) is 6.61 Å². The van der Waals surface area contributed by atoms with E-state index in [1.54, 1.807) is 0 Å². The lowest BCUT2D eigenvalue weighted by atomic mass is 10.1. The van der Waals surface area contributed by atoms with Gasteiger partial charge in [0.2, 0.25) is 5.91 Å². The van der Waals surface area contributed by atoms with Crippen LogP contribution >= 0.6 is 0 Å². The van der Waals surface area contributed by atoms with Gasteiger partial charge in [0.15, 0.2) is 0 Å². The maximum Gasteiger partial charge on any atom is 0.254 e. The second kappa shape index (κ2) is 10.6. The summed E-state index contributed by atoms with van der Waals surface area (Å²) >= 11 is 0. The van der Waals surface area contributed by atoms with Crippen molar-refractivity contribution < 1.29 is 18.7 Å². The number of aryl methyl sites for hydroxylation is 1. The molecule has 1 aromatic heterocycles. The first kappa shape index (κ1) is 23.6. The Labute approximate surface area is 210 Å². The number of carbonyl (C=O) groups excluding carboxylic acids is 2. The van der Waals surface area contributed by atoms with Crippen LogP contribution in [0.25, 0.3) is 11.3 Å². The molecule has 1 aliphatic heterocycles. The molecule has 4 aromatic rings. The first-order valence-electron chi connectivity index (χ1n) is 12.0. The molecule has 3 aromatic carbocycles. The molecule has 36 heavy (non-hydrogen) atoms. The van der Waals surface area contributed by atoms with E-state index in [0.717, 1.165) is 33.8 Å². The Morgan fingerprint density at radius 1 is 0.972 bits per heavy atom. The van der Waals surface area contributed by atoms with Gasteiger partial charge < -0.3 is 19.4 Å². The summed E-state index contributed by atoms with van der Waals surface area (Å²) in [6, 6.07) is 27.0.